The predicted molar refractivity (Wildman–Crippen MR) is 188 cm³/mol. The predicted octanol–water partition coefficient (Wildman–Crippen LogP) is 10.4. The number of halogens is 1. The Morgan fingerprint density at radius 2 is 1.76 bits per heavy atom. The van der Waals surface area contributed by atoms with E-state index >= 15 is 0 Å². The van der Waals surface area contributed by atoms with Crippen molar-refractivity contribution in [2.45, 2.75) is 150 Å². The van der Waals surface area contributed by atoms with E-state index in [2.05, 4.69) is 46.9 Å². The normalized spacial score (nSPS) is 35.2. The number of thiophene rings is 1. The quantitative estimate of drug-likeness (QED) is 0.167. The molecule has 2 unspecified atom stereocenters. The van der Waals surface area contributed by atoms with Gasteiger partial charge >= 0.3 is 5.97 Å². The second-order valence-electron chi connectivity index (χ2n) is 16.5. The standard InChI is InChI=1S/C39H60ClNO4S/c1-7-8-9-10-11-12-35(44)45-31-23-26-22-27(42)17-19-38(26,5)30-18-20-39(6)28(13-14-29(39)36(30)31)25(4)21-34(43)41-37(24(2)3)32-15-16-33(40)46-32/h15-16,24-26,28-31,36-37H,7-14,17-23H2,1-6H3,(H,41,43)/t25-,26+,28?,29+,30+,31-,36+,37?,38+,39-/m1/s1. The first-order chi connectivity index (χ1) is 21.9. The molecule has 10 atom stereocenters. The number of esters is 1. The molecule has 4 aliphatic carbocycles. The fourth-order valence-electron chi connectivity index (χ4n) is 10.9. The molecule has 0 spiro atoms. The average Bonchev–Trinajstić information content (AvgIpc) is 3.59. The molecule has 0 saturated heterocycles. The highest BCUT2D eigenvalue weighted by Crippen LogP contribution is 2.68. The zero-order chi connectivity index (χ0) is 33.2. The van der Waals surface area contributed by atoms with Gasteiger partial charge in [-0.2, -0.15) is 0 Å². The third-order valence-electron chi connectivity index (χ3n) is 13.4. The monoisotopic (exact) mass is 673 g/mol. The minimum atomic E-state index is -0.0940. The lowest BCUT2D eigenvalue weighted by molar-refractivity contribution is -0.191. The van der Waals surface area contributed by atoms with Gasteiger partial charge in [-0.1, -0.05) is 78.8 Å². The number of hydrogen-bond donors (Lipinski definition) is 1. The number of Topliss-reactive ketones (excluding diaryl/α,β-unsaturated/α-hetero) is 1. The maximum atomic E-state index is 13.5. The van der Waals surface area contributed by atoms with Gasteiger partial charge in [-0.3, -0.25) is 14.4 Å². The molecule has 0 aromatic carbocycles. The molecule has 5 rings (SSSR count). The summed E-state index contributed by atoms with van der Waals surface area (Å²) >= 11 is 7.79. The van der Waals surface area contributed by atoms with Crippen LogP contribution < -0.4 is 5.32 Å². The molecule has 4 fully saturated rings. The Morgan fingerprint density at radius 3 is 2.46 bits per heavy atom. The molecule has 46 heavy (non-hydrogen) atoms. The molecule has 0 bridgehead atoms. The van der Waals surface area contributed by atoms with Crippen molar-refractivity contribution in [1.29, 1.82) is 0 Å². The van der Waals surface area contributed by atoms with Gasteiger partial charge in [0.1, 0.15) is 11.9 Å². The number of ketones is 1. The first kappa shape index (κ1) is 35.9. The highest BCUT2D eigenvalue weighted by molar-refractivity contribution is 7.16. The Labute approximate surface area is 287 Å². The Balaban J connectivity index is 1.30. The summed E-state index contributed by atoms with van der Waals surface area (Å²) in [6.07, 6.45) is 14.2. The van der Waals surface area contributed by atoms with Gasteiger partial charge in [0, 0.05) is 36.5 Å². The topological polar surface area (TPSA) is 72.5 Å². The fraction of sp³-hybridized carbons (Fsp3) is 0.821. The van der Waals surface area contributed by atoms with E-state index in [4.69, 9.17) is 16.3 Å². The van der Waals surface area contributed by atoms with Crippen LogP contribution in [0, 0.1) is 52.3 Å². The number of rotatable bonds is 13. The summed E-state index contributed by atoms with van der Waals surface area (Å²) in [5.74, 6) is 3.12. The number of unbranched alkanes of at least 4 members (excludes halogenated alkanes) is 4. The lowest BCUT2D eigenvalue weighted by atomic mass is 9.43. The molecule has 1 heterocycles. The van der Waals surface area contributed by atoms with Crippen LogP contribution in [0.4, 0.5) is 0 Å². The second-order valence-corrected chi connectivity index (χ2v) is 18.3. The number of ether oxygens (including phenoxy) is 1. The third kappa shape index (κ3) is 7.43. The lowest BCUT2D eigenvalue weighted by Crippen LogP contribution is -2.59. The van der Waals surface area contributed by atoms with Gasteiger partial charge in [0.25, 0.3) is 0 Å². The smallest absolute Gasteiger partial charge is 0.306 e. The van der Waals surface area contributed by atoms with E-state index in [1.54, 1.807) is 11.3 Å². The molecule has 1 aromatic heterocycles. The van der Waals surface area contributed by atoms with Gasteiger partial charge in [0.15, 0.2) is 0 Å². The van der Waals surface area contributed by atoms with E-state index in [1.165, 1.54) is 19.3 Å². The molecule has 4 saturated carbocycles. The van der Waals surface area contributed by atoms with Crippen molar-refractivity contribution in [2.75, 3.05) is 0 Å². The first-order valence-electron chi connectivity index (χ1n) is 18.6. The summed E-state index contributed by atoms with van der Waals surface area (Å²) < 4.78 is 7.25. The summed E-state index contributed by atoms with van der Waals surface area (Å²) in [5, 5.41) is 3.35. The van der Waals surface area contributed by atoms with E-state index in [1.807, 2.05) is 12.1 Å². The molecule has 1 amide bonds. The maximum Gasteiger partial charge on any atom is 0.306 e. The highest BCUT2D eigenvalue weighted by atomic mass is 35.5. The summed E-state index contributed by atoms with van der Waals surface area (Å²) in [6.45, 7) is 13.8. The molecule has 1 N–H and O–H groups in total. The van der Waals surface area contributed by atoms with Crippen molar-refractivity contribution in [3.63, 3.8) is 0 Å². The van der Waals surface area contributed by atoms with E-state index in [-0.39, 0.29) is 46.7 Å². The minimum absolute atomic E-state index is 0.0278. The summed E-state index contributed by atoms with van der Waals surface area (Å²) in [5.41, 5.74) is 0.265. The Bertz CT molecular complexity index is 1230. The van der Waals surface area contributed by atoms with Gasteiger partial charge in [0.05, 0.1) is 10.4 Å². The zero-order valence-corrected chi connectivity index (χ0v) is 30.9. The van der Waals surface area contributed by atoms with Crippen molar-refractivity contribution >= 4 is 40.6 Å². The van der Waals surface area contributed by atoms with Crippen molar-refractivity contribution in [1.82, 2.24) is 5.32 Å². The van der Waals surface area contributed by atoms with Gasteiger partial charge in [0.2, 0.25) is 5.91 Å². The van der Waals surface area contributed by atoms with Crippen LogP contribution in [0.25, 0.3) is 0 Å². The van der Waals surface area contributed by atoms with Gasteiger partial charge < -0.3 is 10.1 Å². The van der Waals surface area contributed by atoms with Crippen LogP contribution in [0.2, 0.25) is 4.34 Å². The fourth-order valence-corrected chi connectivity index (χ4v) is 12.2. The van der Waals surface area contributed by atoms with Crippen molar-refractivity contribution < 1.29 is 19.1 Å². The van der Waals surface area contributed by atoms with Crippen LogP contribution in [0.3, 0.4) is 0 Å². The zero-order valence-electron chi connectivity index (χ0n) is 29.4. The number of nitrogens with one attached hydrogen (secondary N) is 1. The van der Waals surface area contributed by atoms with Crippen LogP contribution in [-0.2, 0) is 19.1 Å². The number of carbonyl (C=O) groups excluding carboxylic acids is 3. The number of hydrogen-bond acceptors (Lipinski definition) is 5. The molecular formula is C39H60ClNO4S. The largest absolute Gasteiger partial charge is 0.462 e. The third-order valence-corrected chi connectivity index (χ3v) is 14.7. The molecule has 0 aliphatic heterocycles. The minimum Gasteiger partial charge on any atom is -0.462 e. The number of carbonyl (C=O) groups is 3. The van der Waals surface area contributed by atoms with Crippen molar-refractivity contribution in [3.8, 4) is 0 Å². The van der Waals surface area contributed by atoms with E-state index in [0.717, 1.165) is 60.6 Å². The molecule has 258 valence electrons. The number of amides is 1. The molecule has 5 nitrogen and oxygen atoms in total. The molecule has 1 aromatic rings. The SMILES string of the molecule is CCCCCCCC(=O)O[C@@H]1C[C@@H]2CC(=O)CC[C@]2(C)[C@H]2CC[C@]3(C)C([C@H](C)CC(=O)NC(c4ccc(Cl)s4)C(C)C)CC[C@H]3[C@H]12. The Hall–Kier alpha value is -1.40. The lowest BCUT2D eigenvalue weighted by Gasteiger charge is -2.62. The van der Waals surface area contributed by atoms with E-state index in [0.29, 0.717) is 61.1 Å². The van der Waals surface area contributed by atoms with E-state index < -0.39 is 0 Å². The van der Waals surface area contributed by atoms with Crippen LogP contribution in [0.1, 0.15) is 149 Å². The summed E-state index contributed by atoms with van der Waals surface area (Å²) in [7, 11) is 0. The van der Waals surface area contributed by atoms with Gasteiger partial charge in [-0.25, -0.2) is 0 Å². The van der Waals surface area contributed by atoms with Crippen molar-refractivity contribution in [2.24, 2.45) is 52.3 Å². The highest BCUT2D eigenvalue weighted by Gasteiger charge is 2.64. The maximum absolute atomic E-state index is 13.5. The van der Waals surface area contributed by atoms with Crippen LogP contribution in [-0.4, -0.2) is 23.8 Å². The Morgan fingerprint density at radius 1 is 1.02 bits per heavy atom. The molecular weight excluding hydrogens is 614 g/mol. The number of fused-ring (bicyclic) bond motifs is 5. The van der Waals surface area contributed by atoms with Crippen LogP contribution in [0.15, 0.2) is 12.1 Å². The summed E-state index contributed by atoms with van der Waals surface area (Å²) in [4.78, 5) is 40.6. The average molecular weight is 674 g/mol. The molecule has 4 aliphatic rings. The first-order valence-corrected chi connectivity index (χ1v) is 19.8. The second kappa shape index (κ2) is 15.0. The van der Waals surface area contributed by atoms with Crippen LogP contribution >= 0.6 is 22.9 Å². The van der Waals surface area contributed by atoms with E-state index in [9.17, 15) is 14.4 Å². The molecule has 7 heteroatoms. The van der Waals surface area contributed by atoms with Gasteiger partial charge in [-0.05, 0) is 103 Å². The Kier molecular flexibility index (Phi) is 11.7. The van der Waals surface area contributed by atoms with Crippen molar-refractivity contribution in [3.05, 3.63) is 21.3 Å². The van der Waals surface area contributed by atoms with Gasteiger partial charge in [-0.15, -0.1) is 11.3 Å². The summed E-state index contributed by atoms with van der Waals surface area (Å²) in [6, 6.07) is 3.92. The molecule has 0 radical (unpaired) electrons. The van der Waals surface area contributed by atoms with Crippen LogP contribution in [0.5, 0.6) is 0 Å².